The molecule has 0 aliphatic rings. The van der Waals surface area contributed by atoms with Crippen molar-refractivity contribution >= 4 is 0 Å². The van der Waals surface area contributed by atoms with Gasteiger partial charge in [0, 0.05) is 6.42 Å². The first-order valence-corrected chi connectivity index (χ1v) is 4.77. The van der Waals surface area contributed by atoms with E-state index in [-0.39, 0.29) is 0 Å². The van der Waals surface area contributed by atoms with Gasteiger partial charge in [-0.25, -0.2) is 0 Å². The van der Waals surface area contributed by atoms with Crippen molar-refractivity contribution in [1.82, 2.24) is 20.6 Å². The SMILES string of the molecule is Cc1ccccc1OCCc1nn[nH]n1. The van der Waals surface area contributed by atoms with Gasteiger partial charge in [0.05, 0.1) is 6.61 Å². The number of aromatic nitrogens is 4. The molecule has 78 valence electrons. The first kappa shape index (κ1) is 9.64. The van der Waals surface area contributed by atoms with E-state index >= 15 is 0 Å². The van der Waals surface area contributed by atoms with Crippen molar-refractivity contribution in [3.8, 4) is 5.75 Å². The molecule has 15 heavy (non-hydrogen) atoms. The molecule has 0 saturated carbocycles. The predicted molar refractivity (Wildman–Crippen MR) is 54.6 cm³/mol. The number of benzene rings is 1. The number of para-hydroxylation sites is 1. The standard InChI is InChI=1S/C10H12N4O/c1-8-4-2-3-5-9(8)15-7-6-10-11-13-14-12-10/h2-5H,6-7H2,1H3,(H,11,12,13,14). The topological polar surface area (TPSA) is 63.7 Å². The zero-order valence-electron chi connectivity index (χ0n) is 8.47. The van der Waals surface area contributed by atoms with Gasteiger partial charge in [-0.1, -0.05) is 23.4 Å². The van der Waals surface area contributed by atoms with Crippen molar-refractivity contribution < 1.29 is 4.74 Å². The lowest BCUT2D eigenvalue weighted by molar-refractivity contribution is 0.317. The lowest BCUT2D eigenvalue weighted by Crippen LogP contribution is -2.03. The highest BCUT2D eigenvalue weighted by Gasteiger charge is 2.00. The van der Waals surface area contributed by atoms with Gasteiger partial charge in [-0.05, 0) is 18.6 Å². The molecule has 1 heterocycles. The molecule has 0 amide bonds. The number of ether oxygens (including phenoxy) is 1. The molecule has 1 aromatic heterocycles. The van der Waals surface area contributed by atoms with Gasteiger partial charge in [0.25, 0.3) is 0 Å². The van der Waals surface area contributed by atoms with E-state index in [0.29, 0.717) is 18.9 Å². The summed E-state index contributed by atoms with van der Waals surface area (Å²) >= 11 is 0. The third kappa shape index (κ3) is 2.52. The zero-order valence-corrected chi connectivity index (χ0v) is 8.47. The van der Waals surface area contributed by atoms with E-state index < -0.39 is 0 Å². The van der Waals surface area contributed by atoms with E-state index in [2.05, 4.69) is 20.6 Å². The maximum Gasteiger partial charge on any atom is 0.177 e. The monoisotopic (exact) mass is 204 g/mol. The van der Waals surface area contributed by atoms with Crippen LogP contribution in [0, 0.1) is 6.92 Å². The number of aromatic amines is 1. The molecule has 0 bridgehead atoms. The first-order valence-electron chi connectivity index (χ1n) is 4.77. The minimum Gasteiger partial charge on any atom is -0.493 e. The fraction of sp³-hybridized carbons (Fsp3) is 0.300. The Hall–Kier alpha value is -1.91. The average Bonchev–Trinajstić information content (AvgIpc) is 2.74. The minimum absolute atomic E-state index is 0.560. The van der Waals surface area contributed by atoms with Crippen molar-refractivity contribution in [3.05, 3.63) is 35.7 Å². The number of tetrazole rings is 1. The average molecular weight is 204 g/mol. The van der Waals surface area contributed by atoms with E-state index in [4.69, 9.17) is 4.74 Å². The largest absolute Gasteiger partial charge is 0.493 e. The zero-order chi connectivity index (χ0) is 10.5. The summed E-state index contributed by atoms with van der Waals surface area (Å²) in [6.07, 6.45) is 0.658. The van der Waals surface area contributed by atoms with Crippen LogP contribution in [0.2, 0.25) is 0 Å². The molecular formula is C10H12N4O. The maximum atomic E-state index is 5.59. The lowest BCUT2D eigenvalue weighted by Gasteiger charge is -2.06. The first-order chi connectivity index (χ1) is 7.36. The third-order valence-corrected chi connectivity index (χ3v) is 2.07. The van der Waals surface area contributed by atoms with Crippen molar-refractivity contribution in [2.24, 2.45) is 0 Å². The smallest absolute Gasteiger partial charge is 0.177 e. The number of H-pyrrole nitrogens is 1. The summed E-state index contributed by atoms with van der Waals surface area (Å²) in [7, 11) is 0. The quantitative estimate of drug-likeness (QED) is 0.810. The second-order valence-corrected chi connectivity index (χ2v) is 3.19. The molecule has 0 atom stereocenters. The highest BCUT2D eigenvalue weighted by molar-refractivity contribution is 5.31. The second kappa shape index (κ2) is 4.54. The van der Waals surface area contributed by atoms with Gasteiger partial charge in [-0.3, -0.25) is 0 Å². The van der Waals surface area contributed by atoms with Crippen LogP contribution >= 0.6 is 0 Å². The number of rotatable bonds is 4. The fourth-order valence-corrected chi connectivity index (χ4v) is 1.26. The fourth-order valence-electron chi connectivity index (χ4n) is 1.26. The van der Waals surface area contributed by atoms with Gasteiger partial charge >= 0.3 is 0 Å². The molecule has 0 radical (unpaired) electrons. The molecule has 0 unspecified atom stereocenters. The summed E-state index contributed by atoms with van der Waals surface area (Å²) < 4.78 is 5.59. The summed E-state index contributed by atoms with van der Waals surface area (Å²) in [5, 5.41) is 13.6. The van der Waals surface area contributed by atoms with E-state index in [1.165, 1.54) is 0 Å². The summed E-state index contributed by atoms with van der Waals surface area (Å²) in [5.41, 5.74) is 1.13. The number of hydrogen-bond donors (Lipinski definition) is 1. The van der Waals surface area contributed by atoms with E-state index in [1.54, 1.807) is 0 Å². The Morgan fingerprint density at radius 1 is 1.33 bits per heavy atom. The van der Waals surface area contributed by atoms with Gasteiger partial charge in [0.1, 0.15) is 5.75 Å². The summed E-state index contributed by atoms with van der Waals surface area (Å²) in [6, 6.07) is 7.91. The number of aryl methyl sites for hydroxylation is 1. The van der Waals surface area contributed by atoms with Gasteiger partial charge in [0.15, 0.2) is 5.82 Å². The van der Waals surface area contributed by atoms with E-state index in [1.807, 2.05) is 31.2 Å². The molecule has 0 fully saturated rings. The van der Waals surface area contributed by atoms with Crippen molar-refractivity contribution in [2.45, 2.75) is 13.3 Å². The van der Waals surface area contributed by atoms with E-state index in [0.717, 1.165) is 11.3 Å². The Balaban J connectivity index is 1.86. The maximum absolute atomic E-state index is 5.59. The molecule has 2 rings (SSSR count). The summed E-state index contributed by atoms with van der Waals surface area (Å²) in [5.74, 6) is 1.57. The Labute approximate surface area is 87.5 Å². The Morgan fingerprint density at radius 3 is 2.93 bits per heavy atom. The summed E-state index contributed by atoms with van der Waals surface area (Å²) in [6.45, 7) is 2.58. The molecule has 1 aromatic carbocycles. The number of nitrogens with one attached hydrogen (secondary N) is 1. The van der Waals surface area contributed by atoms with Crippen LogP contribution in [0.15, 0.2) is 24.3 Å². The molecule has 1 N–H and O–H groups in total. The van der Waals surface area contributed by atoms with Crippen LogP contribution < -0.4 is 4.74 Å². The van der Waals surface area contributed by atoms with Crippen molar-refractivity contribution in [1.29, 1.82) is 0 Å². The predicted octanol–water partition coefficient (Wildman–Crippen LogP) is 1.13. The Bertz CT molecular complexity index is 413. The molecule has 5 nitrogen and oxygen atoms in total. The van der Waals surface area contributed by atoms with Crippen LogP contribution in [0.5, 0.6) is 5.75 Å². The van der Waals surface area contributed by atoms with Gasteiger partial charge < -0.3 is 4.74 Å². The third-order valence-electron chi connectivity index (χ3n) is 2.07. The molecule has 0 aliphatic carbocycles. The highest BCUT2D eigenvalue weighted by atomic mass is 16.5. The van der Waals surface area contributed by atoms with E-state index in [9.17, 15) is 0 Å². The normalized spacial score (nSPS) is 10.2. The number of nitrogens with zero attached hydrogens (tertiary/aromatic N) is 3. The van der Waals surface area contributed by atoms with Gasteiger partial charge in [-0.2, -0.15) is 5.21 Å². The molecule has 2 aromatic rings. The van der Waals surface area contributed by atoms with Crippen LogP contribution in [0.4, 0.5) is 0 Å². The van der Waals surface area contributed by atoms with Crippen LogP contribution in [-0.2, 0) is 6.42 Å². The van der Waals surface area contributed by atoms with Crippen molar-refractivity contribution in [3.63, 3.8) is 0 Å². The van der Waals surface area contributed by atoms with Gasteiger partial charge in [-0.15, -0.1) is 10.2 Å². The molecule has 0 saturated heterocycles. The Kier molecular flexibility index (Phi) is 2.92. The van der Waals surface area contributed by atoms with Gasteiger partial charge in [0.2, 0.25) is 0 Å². The molecule has 0 spiro atoms. The van der Waals surface area contributed by atoms with Crippen molar-refractivity contribution in [2.75, 3.05) is 6.61 Å². The van der Waals surface area contributed by atoms with Crippen LogP contribution in [-0.4, -0.2) is 27.2 Å². The van der Waals surface area contributed by atoms with Crippen LogP contribution in [0.3, 0.4) is 0 Å². The number of hydrogen-bond acceptors (Lipinski definition) is 4. The molecular weight excluding hydrogens is 192 g/mol. The molecule has 0 aliphatic heterocycles. The van der Waals surface area contributed by atoms with Crippen LogP contribution in [0.1, 0.15) is 11.4 Å². The highest BCUT2D eigenvalue weighted by Crippen LogP contribution is 2.15. The van der Waals surface area contributed by atoms with Crippen LogP contribution in [0.25, 0.3) is 0 Å². The molecule has 5 heteroatoms. The second-order valence-electron chi connectivity index (χ2n) is 3.19. The lowest BCUT2D eigenvalue weighted by atomic mass is 10.2. The summed E-state index contributed by atoms with van der Waals surface area (Å²) in [4.78, 5) is 0. The Morgan fingerprint density at radius 2 is 2.20 bits per heavy atom. The minimum atomic E-state index is 0.560.